The van der Waals surface area contributed by atoms with Crippen molar-refractivity contribution in [1.29, 1.82) is 0 Å². The standard InChI is InChI=1S/C16H14F3NO3/c17-16(18,19)8-2-1-3-9(6-8)20-14(21)12-7-4-10-11(5-7)23-15(22)13(10)12/h1-3,6-7,10-13H,4-5H2,(H,20,21)/t7-,10-,11-,12+,13+/m1/s1. The van der Waals surface area contributed by atoms with Crippen molar-refractivity contribution in [2.24, 2.45) is 23.7 Å². The first-order chi connectivity index (χ1) is 10.8. The number of esters is 1. The quantitative estimate of drug-likeness (QED) is 0.851. The van der Waals surface area contributed by atoms with Gasteiger partial charge in [-0.15, -0.1) is 0 Å². The molecular weight excluding hydrogens is 311 g/mol. The Balaban J connectivity index is 1.54. The Hall–Kier alpha value is -2.05. The van der Waals surface area contributed by atoms with E-state index in [0.717, 1.165) is 18.6 Å². The van der Waals surface area contributed by atoms with Gasteiger partial charge in [-0.1, -0.05) is 6.07 Å². The van der Waals surface area contributed by atoms with Crippen LogP contribution in [0.15, 0.2) is 24.3 Å². The molecule has 0 radical (unpaired) electrons. The Morgan fingerprint density at radius 3 is 2.78 bits per heavy atom. The van der Waals surface area contributed by atoms with Gasteiger partial charge >= 0.3 is 12.1 Å². The molecule has 1 aliphatic heterocycles. The molecule has 5 atom stereocenters. The number of halogens is 3. The lowest BCUT2D eigenvalue weighted by molar-refractivity contribution is -0.145. The molecule has 1 amide bonds. The number of amides is 1. The summed E-state index contributed by atoms with van der Waals surface area (Å²) in [6.07, 6.45) is -3.08. The van der Waals surface area contributed by atoms with Crippen molar-refractivity contribution in [1.82, 2.24) is 0 Å². The summed E-state index contributed by atoms with van der Waals surface area (Å²) in [5.41, 5.74) is -0.723. The van der Waals surface area contributed by atoms with Gasteiger partial charge in [-0.25, -0.2) is 0 Å². The summed E-state index contributed by atoms with van der Waals surface area (Å²) in [6, 6.07) is 4.52. The molecule has 1 saturated heterocycles. The second kappa shape index (κ2) is 4.72. The molecule has 1 N–H and O–H groups in total. The molecule has 3 fully saturated rings. The van der Waals surface area contributed by atoms with Crippen LogP contribution in [0.25, 0.3) is 0 Å². The van der Waals surface area contributed by atoms with E-state index in [1.807, 2.05) is 0 Å². The number of carbonyl (C=O) groups excluding carboxylic acids is 2. The van der Waals surface area contributed by atoms with Crippen LogP contribution in [0.4, 0.5) is 18.9 Å². The first-order valence-electron chi connectivity index (χ1n) is 7.53. The molecule has 122 valence electrons. The van der Waals surface area contributed by atoms with Gasteiger partial charge in [-0.2, -0.15) is 13.2 Å². The third-order valence-corrected chi connectivity index (χ3v) is 5.24. The van der Waals surface area contributed by atoms with Crippen LogP contribution in [0.5, 0.6) is 0 Å². The monoisotopic (exact) mass is 325 g/mol. The molecule has 4 rings (SSSR count). The van der Waals surface area contributed by atoms with E-state index in [1.54, 1.807) is 0 Å². The van der Waals surface area contributed by atoms with E-state index in [9.17, 15) is 22.8 Å². The maximum absolute atomic E-state index is 12.7. The van der Waals surface area contributed by atoms with Crippen LogP contribution in [-0.2, 0) is 20.5 Å². The summed E-state index contributed by atoms with van der Waals surface area (Å²) in [7, 11) is 0. The van der Waals surface area contributed by atoms with Crippen molar-refractivity contribution in [2.75, 3.05) is 5.32 Å². The Morgan fingerprint density at radius 1 is 1.26 bits per heavy atom. The van der Waals surface area contributed by atoms with Gasteiger partial charge in [0.1, 0.15) is 6.10 Å². The van der Waals surface area contributed by atoms with Gasteiger partial charge in [0.2, 0.25) is 5.91 Å². The number of fused-ring (bicyclic) bond motifs is 1. The minimum atomic E-state index is -4.46. The molecule has 1 heterocycles. The zero-order chi connectivity index (χ0) is 16.4. The van der Waals surface area contributed by atoms with E-state index in [1.165, 1.54) is 12.1 Å². The van der Waals surface area contributed by atoms with Gasteiger partial charge in [0.25, 0.3) is 0 Å². The second-order valence-electron chi connectivity index (χ2n) is 6.49. The van der Waals surface area contributed by atoms with Gasteiger partial charge in [-0.05, 0) is 37.0 Å². The minimum absolute atomic E-state index is 0.0740. The number of carbonyl (C=O) groups is 2. The largest absolute Gasteiger partial charge is 0.462 e. The maximum atomic E-state index is 12.7. The fourth-order valence-electron chi connectivity index (χ4n) is 4.36. The topological polar surface area (TPSA) is 55.4 Å². The van der Waals surface area contributed by atoms with Crippen LogP contribution in [0.3, 0.4) is 0 Å². The van der Waals surface area contributed by atoms with Crippen molar-refractivity contribution >= 4 is 17.6 Å². The Bertz CT molecular complexity index is 685. The fraction of sp³-hybridized carbons (Fsp3) is 0.500. The number of ether oxygens (including phenoxy) is 1. The van der Waals surface area contributed by atoms with Gasteiger partial charge in [-0.3, -0.25) is 9.59 Å². The molecule has 3 aliphatic rings. The van der Waals surface area contributed by atoms with Crippen molar-refractivity contribution in [3.8, 4) is 0 Å². The molecule has 2 aliphatic carbocycles. The number of alkyl halides is 3. The second-order valence-corrected chi connectivity index (χ2v) is 6.49. The van der Waals surface area contributed by atoms with Gasteiger partial charge in [0.15, 0.2) is 0 Å². The summed E-state index contributed by atoms with van der Waals surface area (Å²) in [6.45, 7) is 0. The summed E-state index contributed by atoms with van der Waals surface area (Å²) < 4.78 is 43.5. The van der Waals surface area contributed by atoms with E-state index in [4.69, 9.17) is 4.74 Å². The number of hydrogen-bond acceptors (Lipinski definition) is 3. The Kier molecular flexibility index (Phi) is 2.98. The normalized spacial score (nSPS) is 34.6. The number of rotatable bonds is 2. The smallest absolute Gasteiger partial charge is 0.416 e. The average molecular weight is 325 g/mol. The number of hydrogen-bond donors (Lipinski definition) is 1. The van der Waals surface area contributed by atoms with Crippen LogP contribution >= 0.6 is 0 Å². The lowest BCUT2D eigenvalue weighted by Gasteiger charge is -2.23. The minimum Gasteiger partial charge on any atom is -0.462 e. The van der Waals surface area contributed by atoms with Crippen molar-refractivity contribution in [2.45, 2.75) is 25.1 Å². The molecule has 0 spiro atoms. The van der Waals surface area contributed by atoms with Crippen LogP contribution in [0.1, 0.15) is 18.4 Å². The summed E-state index contributed by atoms with van der Waals surface area (Å²) >= 11 is 0. The highest BCUT2D eigenvalue weighted by Gasteiger charge is 2.63. The molecule has 1 aromatic carbocycles. The number of benzene rings is 1. The zero-order valence-corrected chi connectivity index (χ0v) is 12.0. The molecule has 4 nitrogen and oxygen atoms in total. The predicted molar refractivity (Wildman–Crippen MR) is 73.1 cm³/mol. The SMILES string of the molecule is O=C(Nc1cccc(C(F)(F)F)c1)[C@H]1[C@@H]2C[C@H]3[C@@H]1C(=O)O[C@@H]3C2. The van der Waals surface area contributed by atoms with Gasteiger partial charge in [0.05, 0.1) is 17.4 Å². The van der Waals surface area contributed by atoms with Crippen LogP contribution < -0.4 is 5.32 Å². The average Bonchev–Trinajstić information content (AvgIpc) is 3.08. The van der Waals surface area contributed by atoms with Gasteiger partial charge in [0, 0.05) is 11.6 Å². The molecule has 2 saturated carbocycles. The molecule has 23 heavy (non-hydrogen) atoms. The predicted octanol–water partition coefficient (Wildman–Crippen LogP) is 2.84. The summed E-state index contributed by atoms with van der Waals surface area (Å²) in [4.78, 5) is 24.4. The van der Waals surface area contributed by atoms with E-state index in [2.05, 4.69) is 5.32 Å². The lowest BCUT2D eigenvalue weighted by atomic mass is 9.79. The Morgan fingerprint density at radius 2 is 2.04 bits per heavy atom. The molecular formula is C16H14F3NO3. The van der Waals surface area contributed by atoms with E-state index in [-0.39, 0.29) is 35.5 Å². The fourth-order valence-corrected chi connectivity index (χ4v) is 4.36. The molecule has 1 aromatic rings. The highest BCUT2D eigenvalue weighted by molar-refractivity contribution is 5.97. The molecule has 2 bridgehead atoms. The number of nitrogens with one attached hydrogen (secondary N) is 1. The van der Waals surface area contributed by atoms with Crippen LogP contribution in [0, 0.1) is 23.7 Å². The maximum Gasteiger partial charge on any atom is 0.416 e. The van der Waals surface area contributed by atoms with Gasteiger partial charge < -0.3 is 10.1 Å². The van der Waals surface area contributed by atoms with Crippen molar-refractivity contribution < 1.29 is 27.5 Å². The third kappa shape index (κ3) is 2.21. The van der Waals surface area contributed by atoms with Crippen molar-refractivity contribution in [3.63, 3.8) is 0 Å². The van der Waals surface area contributed by atoms with Crippen LogP contribution in [-0.4, -0.2) is 18.0 Å². The van der Waals surface area contributed by atoms with Crippen molar-refractivity contribution in [3.05, 3.63) is 29.8 Å². The molecule has 0 aromatic heterocycles. The van der Waals surface area contributed by atoms with E-state index >= 15 is 0 Å². The summed E-state index contributed by atoms with van der Waals surface area (Å²) in [5, 5.41) is 2.54. The summed E-state index contributed by atoms with van der Waals surface area (Å²) in [5.74, 6) is -1.51. The first-order valence-corrected chi connectivity index (χ1v) is 7.53. The molecule has 0 unspecified atom stereocenters. The van der Waals surface area contributed by atoms with Crippen LogP contribution in [0.2, 0.25) is 0 Å². The first kappa shape index (κ1) is 14.5. The molecule has 7 heteroatoms. The van der Waals surface area contributed by atoms with E-state index < -0.39 is 23.6 Å². The zero-order valence-electron chi connectivity index (χ0n) is 12.0. The third-order valence-electron chi connectivity index (χ3n) is 5.24. The highest BCUT2D eigenvalue weighted by atomic mass is 19.4. The highest BCUT2D eigenvalue weighted by Crippen LogP contribution is 2.57. The number of anilines is 1. The lowest BCUT2D eigenvalue weighted by Crippen LogP contribution is -2.35. The Labute approximate surface area is 130 Å². The van der Waals surface area contributed by atoms with E-state index in [0.29, 0.717) is 6.42 Å².